The second kappa shape index (κ2) is 6.95. The Hall–Kier alpha value is -2.50. The molecular formula is C19H16FNO2S. The first-order valence-corrected chi connectivity index (χ1v) is 8.92. The third kappa shape index (κ3) is 3.69. The fraction of sp³-hybridized carbons (Fsp3) is 0.0526. The molecule has 1 N–H and O–H groups in total. The van der Waals surface area contributed by atoms with Crippen LogP contribution in [0.4, 0.5) is 4.39 Å². The Bertz CT molecular complexity index is 873. The minimum Gasteiger partial charge on any atom is -0.207 e. The standard InChI is InChI=1S/C19H16FNO2S/c20-17-12-7-13-18(14-17)24(22,23)21-19(15-8-3-1-4-9-15)16-10-5-2-6-11-16/h1-14,19,21H. The van der Waals surface area contributed by atoms with Crippen molar-refractivity contribution in [2.45, 2.75) is 10.9 Å². The van der Waals surface area contributed by atoms with Crippen molar-refractivity contribution in [1.82, 2.24) is 4.72 Å². The maximum atomic E-state index is 13.4. The van der Waals surface area contributed by atoms with Crippen LogP contribution in [0.15, 0.2) is 89.8 Å². The molecule has 0 heterocycles. The van der Waals surface area contributed by atoms with E-state index < -0.39 is 21.9 Å². The minimum atomic E-state index is -3.87. The van der Waals surface area contributed by atoms with E-state index in [0.717, 1.165) is 17.2 Å². The molecule has 3 rings (SSSR count). The highest BCUT2D eigenvalue weighted by molar-refractivity contribution is 7.89. The molecule has 5 heteroatoms. The largest absolute Gasteiger partial charge is 0.241 e. The predicted molar refractivity (Wildman–Crippen MR) is 91.4 cm³/mol. The fourth-order valence-corrected chi connectivity index (χ4v) is 3.72. The van der Waals surface area contributed by atoms with Crippen LogP contribution in [0.5, 0.6) is 0 Å². The van der Waals surface area contributed by atoms with Gasteiger partial charge in [0.15, 0.2) is 0 Å². The zero-order valence-electron chi connectivity index (χ0n) is 12.8. The Balaban J connectivity index is 2.01. The lowest BCUT2D eigenvalue weighted by atomic mass is 10.00. The van der Waals surface area contributed by atoms with E-state index in [0.29, 0.717) is 0 Å². The smallest absolute Gasteiger partial charge is 0.207 e. The van der Waals surface area contributed by atoms with Gasteiger partial charge in [-0.1, -0.05) is 66.7 Å². The summed E-state index contributed by atoms with van der Waals surface area (Å²) in [5.74, 6) is -0.589. The van der Waals surface area contributed by atoms with E-state index in [1.54, 1.807) is 0 Å². The summed E-state index contributed by atoms with van der Waals surface area (Å²) in [6, 6.07) is 23.0. The van der Waals surface area contributed by atoms with E-state index >= 15 is 0 Å². The third-order valence-corrected chi connectivity index (χ3v) is 5.07. The van der Waals surface area contributed by atoms with Crippen molar-refractivity contribution in [1.29, 1.82) is 0 Å². The van der Waals surface area contributed by atoms with Crippen LogP contribution < -0.4 is 4.72 Å². The van der Waals surface area contributed by atoms with Crippen LogP contribution in [0.2, 0.25) is 0 Å². The summed E-state index contributed by atoms with van der Waals surface area (Å²) in [4.78, 5) is -0.0978. The van der Waals surface area contributed by atoms with Crippen molar-refractivity contribution in [2.75, 3.05) is 0 Å². The molecule has 0 aliphatic heterocycles. The number of nitrogens with one attached hydrogen (secondary N) is 1. The quantitative estimate of drug-likeness (QED) is 0.765. The molecule has 122 valence electrons. The lowest BCUT2D eigenvalue weighted by molar-refractivity contribution is 0.569. The first-order valence-electron chi connectivity index (χ1n) is 7.44. The SMILES string of the molecule is O=S(=O)(NC(c1ccccc1)c1ccccc1)c1cccc(F)c1. The Labute approximate surface area is 140 Å². The fourth-order valence-electron chi connectivity index (χ4n) is 2.48. The van der Waals surface area contributed by atoms with Crippen LogP contribution in [0, 0.1) is 5.82 Å². The average molecular weight is 341 g/mol. The van der Waals surface area contributed by atoms with Gasteiger partial charge in [-0.15, -0.1) is 0 Å². The molecule has 0 aliphatic rings. The van der Waals surface area contributed by atoms with Crippen LogP contribution >= 0.6 is 0 Å². The molecule has 0 saturated heterocycles. The van der Waals surface area contributed by atoms with Crippen molar-refractivity contribution in [3.05, 3.63) is 102 Å². The topological polar surface area (TPSA) is 46.2 Å². The van der Waals surface area contributed by atoms with Gasteiger partial charge in [-0.25, -0.2) is 12.8 Å². The van der Waals surface area contributed by atoms with E-state index in [2.05, 4.69) is 4.72 Å². The lowest BCUT2D eigenvalue weighted by Gasteiger charge is -2.20. The first kappa shape index (κ1) is 16.4. The summed E-state index contributed by atoms with van der Waals surface area (Å²) in [5.41, 5.74) is 1.62. The summed E-state index contributed by atoms with van der Waals surface area (Å²) in [7, 11) is -3.87. The minimum absolute atomic E-state index is 0.0978. The van der Waals surface area contributed by atoms with E-state index in [-0.39, 0.29) is 4.90 Å². The maximum Gasteiger partial charge on any atom is 0.241 e. The second-order valence-electron chi connectivity index (χ2n) is 5.33. The zero-order chi connectivity index (χ0) is 17.0. The average Bonchev–Trinajstić information content (AvgIpc) is 2.61. The molecule has 3 aromatic rings. The van der Waals surface area contributed by atoms with Gasteiger partial charge in [0.05, 0.1) is 10.9 Å². The monoisotopic (exact) mass is 341 g/mol. The predicted octanol–water partition coefficient (Wildman–Crippen LogP) is 3.89. The highest BCUT2D eigenvalue weighted by Gasteiger charge is 2.23. The molecule has 0 spiro atoms. The highest BCUT2D eigenvalue weighted by Crippen LogP contribution is 2.24. The van der Waals surface area contributed by atoms with Crippen molar-refractivity contribution in [3.63, 3.8) is 0 Å². The van der Waals surface area contributed by atoms with Gasteiger partial charge in [0.2, 0.25) is 10.0 Å². The van der Waals surface area contributed by atoms with Gasteiger partial charge in [0.25, 0.3) is 0 Å². The number of hydrogen-bond acceptors (Lipinski definition) is 2. The molecule has 0 saturated carbocycles. The number of benzene rings is 3. The third-order valence-electron chi connectivity index (χ3n) is 3.65. The molecule has 3 nitrogen and oxygen atoms in total. The van der Waals surface area contributed by atoms with E-state index in [1.807, 2.05) is 60.7 Å². The molecular weight excluding hydrogens is 325 g/mol. The number of sulfonamides is 1. The second-order valence-corrected chi connectivity index (χ2v) is 7.05. The van der Waals surface area contributed by atoms with Gasteiger partial charge in [-0.3, -0.25) is 0 Å². The molecule has 0 aromatic heterocycles. The Morgan fingerprint density at radius 3 is 1.79 bits per heavy atom. The molecule has 0 bridgehead atoms. The molecule has 0 atom stereocenters. The first-order chi connectivity index (χ1) is 11.6. The van der Waals surface area contributed by atoms with Crippen molar-refractivity contribution in [3.8, 4) is 0 Å². The van der Waals surface area contributed by atoms with Gasteiger partial charge < -0.3 is 0 Å². The van der Waals surface area contributed by atoms with Crippen LogP contribution in [-0.2, 0) is 10.0 Å². The van der Waals surface area contributed by atoms with Crippen molar-refractivity contribution < 1.29 is 12.8 Å². The van der Waals surface area contributed by atoms with Crippen LogP contribution in [0.3, 0.4) is 0 Å². The molecule has 24 heavy (non-hydrogen) atoms. The van der Waals surface area contributed by atoms with Crippen LogP contribution in [-0.4, -0.2) is 8.42 Å². The van der Waals surface area contributed by atoms with Gasteiger partial charge in [-0.05, 0) is 29.3 Å². The summed E-state index contributed by atoms with van der Waals surface area (Å²) < 4.78 is 41.4. The molecule has 0 aliphatic carbocycles. The van der Waals surface area contributed by atoms with E-state index in [1.165, 1.54) is 18.2 Å². The lowest BCUT2D eigenvalue weighted by Crippen LogP contribution is -2.29. The van der Waals surface area contributed by atoms with E-state index in [4.69, 9.17) is 0 Å². The zero-order valence-corrected chi connectivity index (χ0v) is 13.6. The van der Waals surface area contributed by atoms with Crippen molar-refractivity contribution >= 4 is 10.0 Å². The molecule has 3 aromatic carbocycles. The number of hydrogen-bond donors (Lipinski definition) is 1. The summed E-state index contributed by atoms with van der Waals surface area (Å²) >= 11 is 0. The molecule has 0 radical (unpaired) electrons. The molecule has 0 amide bonds. The summed E-state index contributed by atoms with van der Waals surface area (Å²) in [6.45, 7) is 0. The normalized spacial score (nSPS) is 11.6. The van der Waals surface area contributed by atoms with Gasteiger partial charge in [-0.2, -0.15) is 4.72 Å². The Kier molecular flexibility index (Phi) is 4.74. The van der Waals surface area contributed by atoms with Gasteiger partial charge >= 0.3 is 0 Å². The van der Waals surface area contributed by atoms with E-state index in [9.17, 15) is 12.8 Å². The maximum absolute atomic E-state index is 13.4. The number of halogens is 1. The van der Waals surface area contributed by atoms with Crippen LogP contribution in [0.25, 0.3) is 0 Å². The van der Waals surface area contributed by atoms with Gasteiger partial charge in [0.1, 0.15) is 5.82 Å². The van der Waals surface area contributed by atoms with Gasteiger partial charge in [0, 0.05) is 0 Å². The van der Waals surface area contributed by atoms with Crippen molar-refractivity contribution in [2.24, 2.45) is 0 Å². The Morgan fingerprint density at radius 1 is 0.750 bits per heavy atom. The summed E-state index contributed by atoms with van der Waals surface area (Å²) in [5, 5.41) is 0. The number of rotatable bonds is 5. The summed E-state index contributed by atoms with van der Waals surface area (Å²) in [6.07, 6.45) is 0. The molecule has 0 fully saturated rings. The highest BCUT2D eigenvalue weighted by atomic mass is 32.2. The van der Waals surface area contributed by atoms with Crippen LogP contribution in [0.1, 0.15) is 17.2 Å². The molecule has 0 unspecified atom stereocenters. The Morgan fingerprint density at radius 2 is 1.29 bits per heavy atom.